The van der Waals surface area contributed by atoms with Crippen molar-refractivity contribution in [2.24, 2.45) is 0 Å². The van der Waals surface area contributed by atoms with Crippen LogP contribution >= 0.6 is 0 Å². The van der Waals surface area contributed by atoms with Crippen molar-refractivity contribution in [3.63, 3.8) is 0 Å². The quantitative estimate of drug-likeness (QED) is 0.699. The van der Waals surface area contributed by atoms with E-state index >= 15 is 0 Å². The summed E-state index contributed by atoms with van der Waals surface area (Å²) < 4.78 is 27.2. The van der Waals surface area contributed by atoms with Gasteiger partial charge in [0.25, 0.3) is 0 Å². The first-order valence-electron chi connectivity index (χ1n) is 9.34. The van der Waals surface area contributed by atoms with Gasteiger partial charge < -0.3 is 5.32 Å². The molecule has 0 aromatic heterocycles. The summed E-state index contributed by atoms with van der Waals surface area (Å²) in [6.45, 7) is 1.37. The predicted molar refractivity (Wildman–Crippen MR) is 107 cm³/mol. The lowest BCUT2D eigenvalue weighted by molar-refractivity contribution is -0.121. The highest BCUT2D eigenvalue weighted by molar-refractivity contribution is 7.89. The minimum Gasteiger partial charge on any atom is -0.349 e. The van der Waals surface area contributed by atoms with Gasteiger partial charge in [0.15, 0.2) is 5.78 Å². The zero-order valence-electron chi connectivity index (χ0n) is 15.8. The number of Topliss-reactive ketones (excluding diaryl/α,β-unsaturated/α-hetero) is 1. The van der Waals surface area contributed by atoms with Crippen LogP contribution < -0.4 is 10.0 Å². The Balaban J connectivity index is 1.56. The third-order valence-electron chi connectivity index (χ3n) is 4.90. The maximum Gasteiger partial charge on any atom is 0.240 e. The normalized spacial score (nSPS) is 16.2. The highest BCUT2D eigenvalue weighted by Gasteiger charge is 2.21. The first kappa shape index (κ1) is 20.2. The zero-order chi connectivity index (χ0) is 20.1. The number of ketones is 1. The van der Waals surface area contributed by atoms with Crippen LogP contribution in [0.1, 0.15) is 53.7 Å². The number of sulfonamides is 1. The van der Waals surface area contributed by atoms with Crippen LogP contribution in [0.2, 0.25) is 0 Å². The van der Waals surface area contributed by atoms with Crippen LogP contribution in [-0.2, 0) is 21.2 Å². The highest BCUT2D eigenvalue weighted by atomic mass is 32.2. The SMILES string of the molecule is CC(=O)c1cccc(S(=O)(=O)NCCC(=O)NC2CCCc3ccccc32)c1. The van der Waals surface area contributed by atoms with Crippen LogP contribution in [-0.4, -0.2) is 26.7 Å². The molecule has 0 saturated carbocycles. The van der Waals surface area contributed by atoms with Gasteiger partial charge in [-0.25, -0.2) is 13.1 Å². The molecule has 3 rings (SSSR count). The van der Waals surface area contributed by atoms with Gasteiger partial charge in [0, 0.05) is 18.5 Å². The summed E-state index contributed by atoms with van der Waals surface area (Å²) >= 11 is 0. The Labute approximate surface area is 165 Å². The van der Waals surface area contributed by atoms with Crippen molar-refractivity contribution < 1.29 is 18.0 Å². The second kappa shape index (κ2) is 8.67. The molecule has 6 nitrogen and oxygen atoms in total. The molecule has 1 atom stereocenters. The van der Waals surface area contributed by atoms with Crippen molar-refractivity contribution in [1.82, 2.24) is 10.0 Å². The fourth-order valence-corrected chi connectivity index (χ4v) is 4.51. The summed E-state index contributed by atoms with van der Waals surface area (Å²) in [7, 11) is -3.78. The molecular weight excluding hydrogens is 376 g/mol. The minimum absolute atomic E-state index is 0.00711. The molecule has 2 aromatic carbocycles. The van der Waals surface area contributed by atoms with Crippen molar-refractivity contribution in [3.8, 4) is 0 Å². The second-order valence-electron chi connectivity index (χ2n) is 6.94. The maximum absolute atomic E-state index is 12.4. The molecule has 28 heavy (non-hydrogen) atoms. The van der Waals surface area contributed by atoms with Crippen LogP contribution in [0.5, 0.6) is 0 Å². The van der Waals surface area contributed by atoms with E-state index in [0.717, 1.165) is 24.8 Å². The molecule has 2 aromatic rings. The van der Waals surface area contributed by atoms with Gasteiger partial charge in [-0.1, -0.05) is 36.4 Å². The van der Waals surface area contributed by atoms with E-state index in [1.165, 1.54) is 30.7 Å². The van der Waals surface area contributed by atoms with Crippen molar-refractivity contribution >= 4 is 21.7 Å². The average Bonchev–Trinajstić information content (AvgIpc) is 2.68. The van der Waals surface area contributed by atoms with Crippen molar-refractivity contribution in [2.45, 2.75) is 43.5 Å². The van der Waals surface area contributed by atoms with Crippen molar-refractivity contribution in [2.75, 3.05) is 6.54 Å². The second-order valence-corrected chi connectivity index (χ2v) is 8.71. The lowest BCUT2D eigenvalue weighted by Crippen LogP contribution is -2.34. The summed E-state index contributed by atoms with van der Waals surface area (Å²) in [5, 5.41) is 3.01. The van der Waals surface area contributed by atoms with Crippen LogP contribution in [0.25, 0.3) is 0 Å². The van der Waals surface area contributed by atoms with Crippen molar-refractivity contribution in [3.05, 3.63) is 65.2 Å². The summed E-state index contributed by atoms with van der Waals surface area (Å²) in [4.78, 5) is 23.7. The van der Waals surface area contributed by atoms with E-state index < -0.39 is 10.0 Å². The fourth-order valence-electron chi connectivity index (χ4n) is 3.43. The first-order chi connectivity index (χ1) is 13.4. The Kier molecular flexibility index (Phi) is 6.26. The largest absolute Gasteiger partial charge is 0.349 e. The first-order valence-corrected chi connectivity index (χ1v) is 10.8. The third-order valence-corrected chi connectivity index (χ3v) is 6.36. The van der Waals surface area contributed by atoms with E-state index in [2.05, 4.69) is 16.1 Å². The molecular formula is C21H24N2O4S. The molecule has 0 spiro atoms. The molecule has 0 saturated heterocycles. The number of rotatable bonds is 7. The molecule has 0 bridgehead atoms. The number of amides is 1. The van der Waals surface area contributed by atoms with Gasteiger partial charge >= 0.3 is 0 Å². The molecule has 0 heterocycles. The summed E-state index contributed by atoms with van der Waals surface area (Å²) in [6.07, 6.45) is 2.96. The Morgan fingerprint density at radius 3 is 2.68 bits per heavy atom. The van der Waals surface area contributed by atoms with Gasteiger partial charge in [0.05, 0.1) is 10.9 Å². The van der Waals surface area contributed by atoms with E-state index in [9.17, 15) is 18.0 Å². The average molecular weight is 401 g/mol. The topological polar surface area (TPSA) is 92.3 Å². The van der Waals surface area contributed by atoms with E-state index in [1.54, 1.807) is 6.07 Å². The van der Waals surface area contributed by atoms with Crippen molar-refractivity contribution in [1.29, 1.82) is 0 Å². The van der Waals surface area contributed by atoms with Gasteiger partial charge in [0.2, 0.25) is 15.9 Å². The number of hydrogen-bond acceptors (Lipinski definition) is 4. The minimum atomic E-state index is -3.78. The Morgan fingerprint density at radius 1 is 1.11 bits per heavy atom. The lowest BCUT2D eigenvalue weighted by atomic mass is 9.88. The van der Waals surface area contributed by atoms with E-state index in [4.69, 9.17) is 0 Å². The molecule has 1 aliphatic rings. The number of fused-ring (bicyclic) bond motifs is 1. The van der Waals surface area contributed by atoms with Gasteiger partial charge in [-0.05, 0) is 49.4 Å². The summed E-state index contributed by atoms with van der Waals surface area (Å²) in [6, 6.07) is 13.9. The highest BCUT2D eigenvalue weighted by Crippen LogP contribution is 2.29. The maximum atomic E-state index is 12.4. The molecule has 7 heteroatoms. The molecule has 2 N–H and O–H groups in total. The Bertz CT molecular complexity index is 985. The molecule has 0 fully saturated rings. The smallest absolute Gasteiger partial charge is 0.240 e. The zero-order valence-corrected chi connectivity index (χ0v) is 16.6. The number of aryl methyl sites for hydroxylation is 1. The van der Waals surface area contributed by atoms with Crippen LogP contribution in [0.3, 0.4) is 0 Å². The van der Waals surface area contributed by atoms with E-state index in [-0.39, 0.29) is 35.6 Å². The third kappa shape index (κ3) is 4.85. The molecule has 0 radical (unpaired) electrons. The fraction of sp³-hybridized carbons (Fsp3) is 0.333. The summed E-state index contributed by atoms with van der Waals surface area (Å²) in [5.41, 5.74) is 2.73. The van der Waals surface area contributed by atoms with E-state index in [0.29, 0.717) is 5.56 Å². The lowest BCUT2D eigenvalue weighted by Gasteiger charge is -2.26. The Morgan fingerprint density at radius 2 is 1.89 bits per heavy atom. The molecule has 1 unspecified atom stereocenters. The van der Waals surface area contributed by atoms with Crippen LogP contribution in [0, 0.1) is 0 Å². The standard InChI is InChI=1S/C21H24N2O4S/c1-15(24)17-8-4-9-18(14-17)28(26,27)22-13-12-21(25)23-20-11-5-7-16-6-2-3-10-19(16)20/h2-4,6,8-10,14,20,22H,5,7,11-13H2,1H3,(H,23,25). The van der Waals surface area contributed by atoms with Gasteiger partial charge in [-0.3, -0.25) is 9.59 Å². The van der Waals surface area contributed by atoms with Crippen LogP contribution in [0.4, 0.5) is 0 Å². The summed E-state index contributed by atoms with van der Waals surface area (Å²) in [5.74, 6) is -0.397. The van der Waals surface area contributed by atoms with Gasteiger partial charge in [0.1, 0.15) is 0 Å². The monoisotopic (exact) mass is 400 g/mol. The van der Waals surface area contributed by atoms with Crippen LogP contribution in [0.15, 0.2) is 53.4 Å². The molecule has 1 aliphatic carbocycles. The molecule has 0 aliphatic heterocycles. The predicted octanol–water partition coefficient (Wildman–Crippen LogP) is 2.75. The number of nitrogens with one attached hydrogen (secondary N) is 2. The molecule has 148 valence electrons. The van der Waals surface area contributed by atoms with E-state index in [1.807, 2.05) is 18.2 Å². The molecule has 1 amide bonds. The number of carbonyl (C=O) groups is 2. The Hall–Kier alpha value is -2.51. The number of carbonyl (C=O) groups excluding carboxylic acids is 2. The number of benzene rings is 2. The van der Waals surface area contributed by atoms with Gasteiger partial charge in [-0.2, -0.15) is 0 Å². The van der Waals surface area contributed by atoms with Gasteiger partial charge in [-0.15, -0.1) is 0 Å². The number of hydrogen-bond donors (Lipinski definition) is 2.